The zero-order valence-corrected chi connectivity index (χ0v) is 11.5. The largest absolute Gasteiger partial charge is 0.385 e. The molecule has 0 aromatic rings. The first kappa shape index (κ1) is 16.6. The molecule has 0 bridgehead atoms. The van der Waals surface area contributed by atoms with Crippen LogP contribution < -0.4 is 0 Å². The molecule has 4 nitrogen and oxygen atoms in total. The zero-order chi connectivity index (χ0) is 12.9. The van der Waals surface area contributed by atoms with Crippen molar-refractivity contribution in [2.24, 2.45) is 0 Å². The number of nitrogens with zero attached hydrogens (tertiary/aromatic N) is 1. The van der Waals surface area contributed by atoms with Crippen LogP contribution in [-0.4, -0.2) is 57.8 Å². The number of methoxy groups -OCH3 is 2. The van der Waals surface area contributed by atoms with Crippen molar-refractivity contribution in [3.05, 3.63) is 0 Å². The van der Waals surface area contributed by atoms with Crippen molar-refractivity contribution in [1.29, 1.82) is 0 Å². The molecule has 0 aliphatic rings. The minimum absolute atomic E-state index is 0.285. The van der Waals surface area contributed by atoms with Crippen molar-refractivity contribution >= 4 is 5.78 Å². The van der Waals surface area contributed by atoms with Crippen LogP contribution in [-0.2, 0) is 14.3 Å². The summed E-state index contributed by atoms with van der Waals surface area (Å²) in [5, 5.41) is 0. The van der Waals surface area contributed by atoms with Gasteiger partial charge in [0, 0.05) is 40.3 Å². The smallest absolute Gasteiger partial charge is 0.129 e. The summed E-state index contributed by atoms with van der Waals surface area (Å²) in [7, 11) is 3.45. The van der Waals surface area contributed by atoms with Crippen LogP contribution in [0.2, 0.25) is 0 Å². The van der Waals surface area contributed by atoms with E-state index in [-0.39, 0.29) is 5.78 Å². The van der Waals surface area contributed by atoms with Crippen LogP contribution in [0.4, 0.5) is 0 Å². The second-order valence-electron chi connectivity index (χ2n) is 4.34. The van der Waals surface area contributed by atoms with Gasteiger partial charge in [0.05, 0.1) is 6.61 Å². The van der Waals surface area contributed by atoms with E-state index in [4.69, 9.17) is 9.47 Å². The third-order valence-electron chi connectivity index (χ3n) is 2.69. The Kier molecular flexibility index (Phi) is 11.7. The predicted molar refractivity (Wildman–Crippen MR) is 69.3 cm³/mol. The molecule has 0 heterocycles. The van der Waals surface area contributed by atoms with Gasteiger partial charge in [-0.15, -0.1) is 0 Å². The van der Waals surface area contributed by atoms with E-state index in [1.54, 1.807) is 21.1 Å². The van der Waals surface area contributed by atoms with Crippen LogP contribution in [0.3, 0.4) is 0 Å². The van der Waals surface area contributed by atoms with Gasteiger partial charge in [0.1, 0.15) is 5.78 Å². The molecule has 0 radical (unpaired) electrons. The fourth-order valence-electron chi connectivity index (χ4n) is 1.70. The van der Waals surface area contributed by atoms with Crippen LogP contribution in [0.15, 0.2) is 0 Å². The van der Waals surface area contributed by atoms with E-state index in [0.717, 1.165) is 52.1 Å². The highest BCUT2D eigenvalue weighted by molar-refractivity contribution is 5.75. The molecule has 0 unspecified atom stereocenters. The Balaban J connectivity index is 3.64. The number of hydrogen-bond donors (Lipinski definition) is 0. The van der Waals surface area contributed by atoms with Gasteiger partial charge in [-0.3, -0.25) is 0 Å². The minimum atomic E-state index is 0.285. The predicted octanol–water partition coefficient (Wildman–Crippen LogP) is 1.73. The first-order valence-corrected chi connectivity index (χ1v) is 6.40. The molecule has 0 atom stereocenters. The Hall–Kier alpha value is -0.450. The molecule has 0 aromatic carbocycles. The monoisotopic (exact) mass is 245 g/mol. The second-order valence-corrected chi connectivity index (χ2v) is 4.34. The number of carbonyl (C=O) groups excluding carboxylic acids is 1. The van der Waals surface area contributed by atoms with Crippen molar-refractivity contribution in [2.45, 2.75) is 32.6 Å². The Labute approximate surface area is 105 Å². The maximum atomic E-state index is 10.8. The molecular formula is C13H27NO3. The van der Waals surface area contributed by atoms with E-state index in [9.17, 15) is 4.79 Å². The summed E-state index contributed by atoms with van der Waals surface area (Å²) >= 11 is 0. The molecule has 0 spiro atoms. The lowest BCUT2D eigenvalue weighted by Crippen LogP contribution is -2.30. The fraction of sp³-hybridized carbons (Fsp3) is 0.923. The van der Waals surface area contributed by atoms with Crippen LogP contribution in [0, 0.1) is 0 Å². The molecule has 0 rings (SSSR count). The number of Topliss-reactive ketones (excluding diaryl/α,β-unsaturated/α-hetero) is 1. The van der Waals surface area contributed by atoms with Gasteiger partial charge in [-0.05, 0) is 32.7 Å². The Morgan fingerprint density at radius 1 is 0.941 bits per heavy atom. The number of carbonyl (C=O) groups is 1. The Bertz CT molecular complexity index is 186. The van der Waals surface area contributed by atoms with Gasteiger partial charge in [-0.25, -0.2) is 0 Å². The molecule has 0 amide bonds. The number of ether oxygens (including phenoxy) is 2. The molecule has 0 saturated carbocycles. The Morgan fingerprint density at radius 3 is 2.18 bits per heavy atom. The van der Waals surface area contributed by atoms with Gasteiger partial charge < -0.3 is 19.2 Å². The number of ketones is 1. The summed E-state index contributed by atoms with van der Waals surface area (Å²) in [4.78, 5) is 13.2. The second kappa shape index (κ2) is 12.0. The van der Waals surface area contributed by atoms with Crippen LogP contribution >= 0.6 is 0 Å². The van der Waals surface area contributed by atoms with Crippen molar-refractivity contribution in [1.82, 2.24) is 4.90 Å². The standard InChI is InChI=1S/C13H27NO3/c1-13(15)7-4-5-8-14(10-12-17-3)9-6-11-16-2/h4-12H2,1-3H3. The quantitative estimate of drug-likeness (QED) is 0.491. The normalized spacial score (nSPS) is 11.1. The summed E-state index contributed by atoms with van der Waals surface area (Å²) in [5.74, 6) is 0.285. The van der Waals surface area contributed by atoms with E-state index in [0.29, 0.717) is 6.42 Å². The average molecular weight is 245 g/mol. The molecule has 0 aliphatic carbocycles. The van der Waals surface area contributed by atoms with E-state index >= 15 is 0 Å². The lowest BCUT2D eigenvalue weighted by molar-refractivity contribution is -0.117. The summed E-state index contributed by atoms with van der Waals surface area (Å²) in [6, 6.07) is 0. The van der Waals surface area contributed by atoms with Crippen molar-refractivity contribution in [3.63, 3.8) is 0 Å². The summed E-state index contributed by atoms with van der Waals surface area (Å²) in [6.07, 6.45) is 3.82. The molecule has 17 heavy (non-hydrogen) atoms. The lowest BCUT2D eigenvalue weighted by atomic mass is 10.2. The zero-order valence-electron chi connectivity index (χ0n) is 11.5. The third-order valence-corrected chi connectivity index (χ3v) is 2.69. The average Bonchev–Trinajstić information content (AvgIpc) is 2.30. The van der Waals surface area contributed by atoms with Gasteiger partial charge in [0.25, 0.3) is 0 Å². The van der Waals surface area contributed by atoms with Crippen molar-refractivity contribution in [3.8, 4) is 0 Å². The van der Waals surface area contributed by atoms with Crippen molar-refractivity contribution < 1.29 is 14.3 Å². The Morgan fingerprint density at radius 2 is 1.59 bits per heavy atom. The van der Waals surface area contributed by atoms with E-state index in [1.807, 2.05) is 0 Å². The third kappa shape index (κ3) is 11.8. The van der Waals surface area contributed by atoms with E-state index in [1.165, 1.54) is 0 Å². The SMILES string of the molecule is COCCCN(CCCCC(C)=O)CCOC. The highest BCUT2D eigenvalue weighted by Crippen LogP contribution is 2.01. The minimum Gasteiger partial charge on any atom is -0.385 e. The molecule has 0 N–H and O–H groups in total. The number of hydrogen-bond acceptors (Lipinski definition) is 4. The summed E-state index contributed by atoms with van der Waals surface area (Å²) in [5.41, 5.74) is 0. The van der Waals surface area contributed by atoms with Gasteiger partial charge in [-0.1, -0.05) is 0 Å². The topological polar surface area (TPSA) is 38.8 Å². The molecular weight excluding hydrogens is 218 g/mol. The number of unbranched alkanes of at least 4 members (excludes halogenated alkanes) is 1. The van der Waals surface area contributed by atoms with Gasteiger partial charge in [0.2, 0.25) is 0 Å². The van der Waals surface area contributed by atoms with Crippen LogP contribution in [0.5, 0.6) is 0 Å². The van der Waals surface area contributed by atoms with Crippen molar-refractivity contribution in [2.75, 3.05) is 47.1 Å². The lowest BCUT2D eigenvalue weighted by Gasteiger charge is -2.21. The molecule has 102 valence electrons. The van der Waals surface area contributed by atoms with Gasteiger partial charge >= 0.3 is 0 Å². The van der Waals surface area contributed by atoms with Gasteiger partial charge in [0.15, 0.2) is 0 Å². The van der Waals surface area contributed by atoms with E-state index in [2.05, 4.69) is 4.90 Å². The summed E-state index contributed by atoms with van der Waals surface area (Å²) < 4.78 is 10.1. The highest BCUT2D eigenvalue weighted by atomic mass is 16.5. The maximum absolute atomic E-state index is 10.8. The van der Waals surface area contributed by atoms with Crippen LogP contribution in [0.1, 0.15) is 32.6 Å². The highest BCUT2D eigenvalue weighted by Gasteiger charge is 2.04. The summed E-state index contributed by atoms with van der Waals surface area (Å²) in [6.45, 7) is 6.26. The first-order valence-electron chi connectivity index (χ1n) is 6.40. The molecule has 0 saturated heterocycles. The maximum Gasteiger partial charge on any atom is 0.129 e. The molecule has 0 aromatic heterocycles. The molecule has 0 aliphatic heterocycles. The first-order chi connectivity index (χ1) is 8.20. The molecule has 0 fully saturated rings. The van der Waals surface area contributed by atoms with E-state index < -0.39 is 0 Å². The van der Waals surface area contributed by atoms with Gasteiger partial charge in [-0.2, -0.15) is 0 Å². The fourth-order valence-corrected chi connectivity index (χ4v) is 1.70. The van der Waals surface area contributed by atoms with Crippen LogP contribution in [0.25, 0.3) is 0 Å². The number of rotatable bonds is 12. The molecule has 4 heteroatoms.